The number of methoxy groups -OCH3 is 1. The number of nitrogens with zero attached hydrogens (tertiary/aromatic N) is 2. The molecular weight excluding hydrogens is 386 g/mol. The normalized spacial score (nSPS) is 13.8. The monoisotopic (exact) mass is 407 g/mol. The number of benzene rings is 1. The predicted octanol–water partition coefficient (Wildman–Crippen LogP) is 4.33. The lowest BCUT2D eigenvalue weighted by atomic mass is 9.97. The summed E-state index contributed by atoms with van der Waals surface area (Å²) in [7, 11) is 1.56. The molecule has 2 aromatic heterocycles. The Morgan fingerprint density at radius 2 is 2.21 bits per heavy atom. The Morgan fingerprint density at radius 1 is 1.38 bits per heavy atom. The van der Waals surface area contributed by atoms with Crippen LogP contribution in [0.1, 0.15) is 41.6 Å². The van der Waals surface area contributed by atoms with E-state index in [0.717, 1.165) is 31.2 Å². The number of aromatic nitrogens is 2. The zero-order chi connectivity index (χ0) is 20.4. The molecule has 0 radical (unpaired) electrons. The van der Waals surface area contributed by atoms with Crippen molar-refractivity contribution in [3.05, 3.63) is 50.4 Å². The molecule has 7 heteroatoms. The number of hydrogen-bond donors (Lipinski definition) is 1. The number of ether oxygens (including phenoxy) is 2. The average molecular weight is 407 g/mol. The van der Waals surface area contributed by atoms with E-state index < -0.39 is 0 Å². The summed E-state index contributed by atoms with van der Waals surface area (Å²) in [5.41, 5.74) is 1.90. The fourth-order valence-electron chi connectivity index (χ4n) is 3.73. The first-order chi connectivity index (χ1) is 14.2. The number of aryl methyl sites for hydroxylation is 2. The van der Waals surface area contributed by atoms with Crippen molar-refractivity contribution in [2.75, 3.05) is 13.7 Å². The quantitative estimate of drug-likeness (QED) is 0.636. The Kier molecular flexibility index (Phi) is 5.36. The van der Waals surface area contributed by atoms with E-state index in [-0.39, 0.29) is 17.0 Å². The van der Waals surface area contributed by atoms with Crippen molar-refractivity contribution in [1.29, 1.82) is 5.26 Å². The summed E-state index contributed by atoms with van der Waals surface area (Å²) >= 11 is 1.57. The molecule has 29 heavy (non-hydrogen) atoms. The van der Waals surface area contributed by atoms with Gasteiger partial charge in [0.1, 0.15) is 10.9 Å². The maximum atomic E-state index is 12.8. The molecule has 0 aliphatic heterocycles. The summed E-state index contributed by atoms with van der Waals surface area (Å²) in [5, 5.41) is 10.4. The second-order valence-electron chi connectivity index (χ2n) is 6.79. The highest BCUT2D eigenvalue weighted by atomic mass is 32.1. The Hall–Kier alpha value is -3.11. The number of nitriles is 1. The van der Waals surface area contributed by atoms with E-state index in [1.165, 1.54) is 4.88 Å². The first-order valence-corrected chi connectivity index (χ1v) is 10.4. The minimum Gasteiger partial charge on any atom is -0.492 e. The van der Waals surface area contributed by atoms with Gasteiger partial charge in [-0.05, 0) is 50.3 Å². The first-order valence-electron chi connectivity index (χ1n) is 9.62. The third-order valence-electron chi connectivity index (χ3n) is 5.01. The SMILES string of the molecule is CCOc1cccc(/C=C(\C#N)c2nc3sc4c(c3c(=O)[nH]2)CCCC4)c1OC. The Labute approximate surface area is 172 Å². The van der Waals surface area contributed by atoms with Gasteiger partial charge in [-0.3, -0.25) is 4.79 Å². The molecule has 0 saturated carbocycles. The third-order valence-corrected chi connectivity index (χ3v) is 6.20. The van der Waals surface area contributed by atoms with E-state index >= 15 is 0 Å². The molecule has 1 N–H and O–H groups in total. The van der Waals surface area contributed by atoms with Crippen molar-refractivity contribution in [1.82, 2.24) is 9.97 Å². The molecule has 0 atom stereocenters. The number of nitrogens with one attached hydrogen (secondary N) is 1. The molecule has 148 valence electrons. The Bertz CT molecular complexity index is 1200. The number of fused-ring (bicyclic) bond motifs is 3. The van der Waals surface area contributed by atoms with E-state index in [4.69, 9.17) is 9.47 Å². The number of thiophene rings is 1. The van der Waals surface area contributed by atoms with Gasteiger partial charge in [-0.1, -0.05) is 12.1 Å². The zero-order valence-corrected chi connectivity index (χ0v) is 17.2. The number of allylic oxidation sites excluding steroid dienone is 1. The van der Waals surface area contributed by atoms with Crippen molar-refractivity contribution < 1.29 is 9.47 Å². The van der Waals surface area contributed by atoms with Crippen LogP contribution in [0.4, 0.5) is 0 Å². The van der Waals surface area contributed by atoms with Crippen LogP contribution in [-0.4, -0.2) is 23.7 Å². The Morgan fingerprint density at radius 3 is 2.97 bits per heavy atom. The summed E-state index contributed by atoms with van der Waals surface area (Å²) in [6, 6.07) is 7.64. The number of hydrogen-bond acceptors (Lipinski definition) is 6. The van der Waals surface area contributed by atoms with E-state index in [2.05, 4.69) is 16.0 Å². The maximum Gasteiger partial charge on any atom is 0.260 e. The highest BCUT2D eigenvalue weighted by Gasteiger charge is 2.20. The van der Waals surface area contributed by atoms with Crippen molar-refractivity contribution in [2.45, 2.75) is 32.6 Å². The Balaban J connectivity index is 1.83. The predicted molar refractivity (Wildman–Crippen MR) is 115 cm³/mol. The molecule has 1 aromatic carbocycles. The molecule has 0 amide bonds. The number of rotatable bonds is 5. The van der Waals surface area contributed by atoms with Crippen LogP contribution in [0.3, 0.4) is 0 Å². The maximum absolute atomic E-state index is 12.8. The van der Waals surface area contributed by atoms with E-state index in [1.807, 2.05) is 25.1 Å². The van der Waals surface area contributed by atoms with Gasteiger partial charge < -0.3 is 14.5 Å². The molecule has 2 heterocycles. The molecule has 4 rings (SSSR count). The van der Waals surface area contributed by atoms with Crippen molar-refractivity contribution >= 4 is 33.2 Å². The van der Waals surface area contributed by atoms with Gasteiger partial charge in [-0.2, -0.15) is 5.26 Å². The molecular formula is C22H21N3O3S. The van der Waals surface area contributed by atoms with Crippen molar-refractivity contribution in [3.63, 3.8) is 0 Å². The molecule has 0 spiro atoms. The molecule has 0 unspecified atom stereocenters. The average Bonchev–Trinajstić information content (AvgIpc) is 3.11. The molecule has 1 aliphatic carbocycles. The van der Waals surface area contributed by atoms with Crippen LogP contribution in [0, 0.1) is 11.3 Å². The van der Waals surface area contributed by atoms with Crippen molar-refractivity contribution in [2.24, 2.45) is 0 Å². The van der Waals surface area contributed by atoms with Gasteiger partial charge in [0, 0.05) is 10.4 Å². The minimum atomic E-state index is -0.180. The molecule has 6 nitrogen and oxygen atoms in total. The van der Waals surface area contributed by atoms with Gasteiger partial charge in [0.25, 0.3) is 5.56 Å². The summed E-state index contributed by atoms with van der Waals surface area (Å²) in [4.78, 5) is 22.2. The lowest BCUT2D eigenvalue weighted by molar-refractivity contribution is 0.310. The molecule has 3 aromatic rings. The van der Waals surface area contributed by atoms with Gasteiger partial charge in [-0.15, -0.1) is 11.3 Å². The fraction of sp³-hybridized carbons (Fsp3) is 0.318. The number of aromatic amines is 1. The number of para-hydroxylation sites is 1. The summed E-state index contributed by atoms with van der Waals surface area (Å²) in [6.07, 6.45) is 5.82. The fourth-order valence-corrected chi connectivity index (χ4v) is 5.00. The van der Waals surface area contributed by atoms with Gasteiger partial charge >= 0.3 is 0 Å². The van der Waals surface area contributed by atoms with Crippen LogP contribution in [-0.2, 0) is 12.8 Å². The lowest BCUT2D eigenvalue weighted by Gasteiger charge is -2.12. The molecule has 0 fully saturated rings. The van der Waals surface area contributed by atoms with E-state index in [9.17, 15) is 10.1 Å². The molecule has 0 bridgehead atoms. The van der Waals surface area contributed by atoms with E-state index in [0.29, 0.717) is 33.9 Å². The second kappa shape index (κ2) is 8.10. The largest absolute Gasteiger partial charge is 0.492 e. The van der Waals surface area contributed by atoms with Crippen LogP contribution in [0.15, 0.2) is 23.0 Å². The van der Waals surface area contributed by atoms with Crippen LogP contribution < -0.4 is 15.0 Å². The summed E-state index contributed by atoms with van der Waals surface area (Å²) in [5.74, 6) is 1.41. The van der Waals surface area contributed by atoms with Crippen molar-refractivity contribution in [3.8, 4) is 17.6 Å². The van der Waals surface area contributed by atoms with E-state index in [1.54, 1.807) is 24.5 Å². The standard InChI is InChI=1S/C22H21N3O3S/c1-3-28-16-9-6-7-13(19(16)27-2)11-14(12-23)20-24-21(26)18-15-8-4-5-10-17(15)29-22(18)25-20/h6-7,9,11H,3-5,8,10H2,1-2H3,(H,24,25,26)/b14-11+. The van der Waals surface area contributed by atoms with Gasteiger partial charge in [-0.25, -0.2) is 4.98 Å². The van der Waals surface area contributed by atoms with Crippen LogP contribution in [0.2, 0.25) is 0 Å². The second-order valence-corrected chi connectivity index (χ2v) is 7.87. The lowest BCUT2D eigenvalue weighted by Crippen LogP contribution is -2.12. The highest BCUT2D eigenvalue weighted by molar-refractivity contribution is 7.18. The minimum absolute atomic E-state index is 0.180. The zero-order valence-electron chi connectivity index (χ0n) is 16.4. The van der Waals surface area contributed by atoms with Crippen LogP contribution in [0.25, 0.3) is 21.9 Å². The summed E-state index contributed by atoms with van der Waals surface area (Å²) in [6.45, 7) is 2.40. The topological polar surface area (TPSA) is 88.0 Å². The van der Waals surface area contributed by atoms with Gasteiger partial charge in [0.2, 0.25) is 0 Å². The smallest absolute Gasteiger partial charge is 0.260 e. The molecule has 0 saturated heterocycles. The van der Waals surface area contributed by atoms with Crippen LogP contribution >= 0.6 is 11.3 Å². The highest BCUT2D eigenvalue weighted by Crippen LogP contribution is 2.35. The van der Waals surface area contributed by atoms with Gasteiger partial charge in [0.05, 0.1) is 24.7 Å². The first kappa shape index (κ1) is 19.2. The van der Waals surface area contributed by atoms with Gasteiger partial charge in [0.15, 0.2) is 17.3 Å². The van der Waals surface area contributed by atoms with Crippen LogP contribution in [0.5, 0.6) is 11.5 Å². The summed E-state index contributed by atoms with van der Waals surface area (Å²) < 4.78 is 11.1. The third kappa shape index (κ3) is 3.52. The molecule has 1 aliphatic rings. The number of H-pyrrole nitrogens is 1.